The Kier molecular flexibility index (Phi) is 5.09. The predicted molar refractivity (Wildman–Crippen MR) is 95.7 cm³/mol. The van der Waals surface area contributed by atoms with Crippen molar-refractivity contribution in [2.75, 3.05) is 5.32 Å². The van der Waals surface area contributed by atoms with Gasteiger partial charge in [0.05, 0.1) is 22.2 Å². The van der Waals surface area contributed by atoms with E-state index in [0.717, 1.165) is 5.56 Å². The molecule has 1 N–H and O–H groups in total. The maximum atomic E-state index is 12.1. The highest BCUT2D eigenvalue weighted by atomic mass is 35.5. The predicted octanol–water partition coefficient (Wildman–Crippen LogP) is 5.48. The van der Waals surface area contributed by atoms with Crippen LogP contribution in [0.5, 0.6) is 0 Å². The first-order valence-electron chi connectivity index (χ1n) is 6.98. The number of nitrogens with one attached hydrogen (secondary N) is 1. The largest absolute Gasteiger partial charge is 0.356 e. The number of amides is 1. The van der Waals surface area contributed by atoms with Crippen LogP contribution < -0.4 is 5.32 Å². The number of hydrogen-bond acceptors (Lipinski definition) is 3. The number of benzene rings is 2. The number of anilines is 1. The Balaban J connectivity index is 1.66. The van der Waals surface area contributed by atoms with Crippen molar-refractivity contribution in [3.8, 4) is 11.3 Å². The third kappa shape index (κ3) is 4.09. The van der Waals surface area contributed by atoms with E-state index in [-0.39, 0.29) is 12.3 Å². The van der Waals surface area contributed by atoms with Crippen molar-refractivity contribution < 1.29 is 9.32 Å². The van der Waals surface area contributed by atoms with Gasteiger partial charge in [0.1, 0.15) is 0 Å². The molecule has 1 amide bonds. The molecule has 0 saturated carbocycles. The normalized spacial score (nSPS) is 10.6. The van der Waals surface area contributed by atoms with Gasteiger partial charge in [0.25, 0.3) is 0 Å². The van der Waals surface area contributed by atoms with Crippen LogP contribution in [0, 0.1) is 0 Å². The molecule has 0 aliphatic rings. The van der Waals surface area contributed by atoms with E-state index in [9.17, 15) is 4.79 Å². The summed E-state index contributed by atoms with van der Waals surface area (Å²) in [7, 11) is 0. The number of hydrogen-bond donors (Lipinski definition) is 1. The minimum Gasteiger partial charge on any atom is -0.356 e. The second kappa shape index (κ2) is 7.26. The molecule has 0 aliphatic carbocycles. The molecule has 1 heterocycles. The molecule has 7 heteroatoms. The molecule has 0 saturated heterocycles. The molecule has 0 radical (unpaired) electrons. The SMILES string of the molecule is O=C(Cc1cc(-c2ccc(Cl)cc2)on1)Nc1ccc(Cl)c(Cl)c1. The van der Waals surface area contributed by atoms with Crippen molar-refractivity contribution in [1.82, 2.24) is 5.16 Å². The zero-order chi connectivity index (χ0) is 17.1. The third-order valence-electron chi connectivity index (χ3n) is 3.23. The van der Waals surface area contributed by atoms with E-state index < -0.39 is 0 Å². The lowest BCUT2D eigenvalue weighted by molar-refractivity contribution is -0.115. The molecule has 3 rings (SSSR count). The molecular weight excluding hydrogens is 371 g/mol. The summed E-state index contributed by atoms with van der Waals surface area (Å²) in [5.74, 6) is 0.341. The lowest BCUT2D eigenvalue weighted by atomic mass is 10.1. The number of carbonyl (C=O) groups is 1. The second-order valence-electron chi connectivity index (χ2n) is 5.04. The van der Waals surface area contributed by atoms with Crippen molar-refractivity contribution in [2.45, 2.75) is 6.42 Å². The first kappa shape index (κ1) is 16.8. The molecule has 0 aliphatic heterocycles. The molecule has 122 valence electrons. The number of nitrogens with zero attached hydrogens (tertiary/aromatic N) is 1. The Morgan fingerprint density at radius 2 is 1.75 bits per heavy atom. The van der Waals surface area contributed by atoms with Crippen LogP contribution in [0.25, 0.3) is 11.3 Å². The van der Waals surface area contributed by atoms with Crippen LogP contribution in [0.4, 0.5) is 5.69 Å². The van der Waals surface area contributed by atoms with Gasteiger partial charge in [0.2, 0.25) is 5.91 Å². The Morgan fingerprint density at radius 1 is 1.00 bits per heavy atom. The fourth-order valence-electron chi connectivity index (χ4n) is 2.09. The van der Waals surface area contributed by atoms with E-state index >= 15 is 0 Å². The summed E-state index contributed by atoms with van der Waals surface area (Å²) >= 11 is 17.6. The van der Waals surface area contributed by atoms with Gasteiger partial charge in [-0.2, -0.15) is 0 Å². The highest BCUT2D eigenvalue weighted by Crippen LogP contribution is 2.25. The standard InChI is InChI=1S/C17H11Cl3N2O2/c18-11-3-1-10(2-4-11)16-8-13(22-24-16)9-17(23)21-12-5-6-14(19)15(20)7-12/h1-8H,9H2,(H,21,23). The minimum atomic E-state index is -0.232. The molecule has 4 nitrogen and oxygen atoms in total. The third-order valence-corrected chi connectivity index (χ3v) is 4.22. The molecule has 0 unspecified atom stereocenters. The van der Waals surface area contributed by atoms with E-state index in [2.05, 4.69) is 10.5 Å². The smallest absolute Gasteiger partial charge is 0.230 e. The van der Waals surface area contributed by atoms with Crippen LogP contribution in [0.3, 0.4) is 0 Å². The van der Waals surface area contributed by atoms with Crippen molar-refractivity contribution in [3.63, 3.8) is 0 Å². The number of rotatable bonds is 4. The monoisotopic (exact) mass is 380 g/mol. The Labute approximate surface area is 153 Å². The maximum absolute atomic E-state index is 12.1. The summed E-state index contributed by atoms with van der Waals surface area (Å²) in [6.45, 7) is 0. The number of aromatic nitrogens is 1. The van der Waals surface area contributed by atoms with Crippen molar-refractivity contribution in [3.05, 3.63) is 69.3 Å². The molecule has 1 aromatic heterocycles. The van der Waals surface area contributed by atoms with E-state index in [1.54, 1.807) is 36.4 Å². The summed E-state index contributed by atoms with van der Waals surface area (Å²) in [6.07, 6.45) is 0.0807. The fourth-order valence-corrected chi connectivity index (χ4v) is 2.51. The fraction of sp³-hybridized carbons (Fsp3) is 0.0588. The lowest BCUT2D eigenvalue weighted by Gasteiger charge is -2.04. The van der Waals surface area contributed by atoms with Crippen molar-refractivity contribution in [2.24, 2.45) is 0 Å². The number of halogens is 3. The molecule has 2 aromatic carbocycles. The first-order chi connectivity index (χ1) is 11.5. The van der Waals surface area contributed by atoms with Crippen molar-refractivity contribution in [1.29, 1.82) is 0 Å². The van der Waals surface area contributed by atoms with Gasteiger partial charge in [-0.25, -0.2) is 0 Å². The molecule has 0 bridgehead atoms. The number of carbonyl (C=O) groups excluding carboxylic acids is 1. The summed E-state index contributed by atoms with van der Waals surface area (Å²) in [4.78, 5) is 12.1. The van der Waals surface area contributed by atoms with Gasteiger partial charge in [-0.05, 0) is 42.5 Å². The Bertz CT molecular complexity index is 876. The summed E-state index contributed by atoms with van der Waals surface area (Å²) in [5.41, 5.74) is 1.93. The zero-order valence-electron chi connectivity index (χ0n) is 12.2. The highest BCUT2D eigenvalue weighted by Gasteiger charge is 2.11. The molecule has 0 atom stereocenters. The Morgan fingerprint density at radius 3 is 2.46 bits per heavy atom. The van der Waals surface area contributed by atoms with Gasteiger partial charge in [-0.15, -0.1) is 0 Å². The van der Waals surface area contributed by atoms with E-state index in [0.29, 0.717) is 32.2 Å². The van der Waals surface area contributed by atoms with Gasteiger partial charge < -0.3 is 9.84 Å². The van der Waals surface area contributed by atoms with Crippen molar-refractivity contribution >= 4 is 46.4 Å². The highest BCUT2D eigenvalue weighted by molar-refractivity contribution is 6.42. The van der Waals surface area contributed by atoms with Gasteiger partial charge >= 0.3 is 0 Å². The Hall–Kier alpha value is -2.01. The molecule has 0 fully saturated rings. The van der Waals surface area contributed by atoms with Crippen LogP contribution in [-0.2, 0) is 11.2 Å². The van der Waals surface area contributed by atoms with Gasteiger partial charge in [-0.3, -0.25) is 4.79 Å². The van der Waals surface area contributed by atoms with E-state index in [1.165, 1.54) is 0 Å². The van der Waals surface area contributed by atoms with Gasteiger partial charge in [0.15, 0.2) is 5.76 Å². The van der Waals surface area contributed by atoms with Gasteiger partial charge in [0, 0.05) is 22.3 Å². The second-order valence-corrected chi connectivity index (χ2v) is 6.29. The summed E-state index contributed by atoms with van der Waals surface area (Å²) < 4.78 is 5.26. The average molecular weight is 382 g/mol. The average Bonchev–Trinajstić information content (AvgIpc) is 3.00. The first-order valence-corrected chi connectivity index (χ1v) is 8.11. The quantitative estimate of drug-likeness (QED) is 0.651. The van der Waals surface area contributed by atoms with E-state index in [1.807, 2.05) is 12.1 Å². The van der Waals surface area contributed by atoms with E-state index in [4.69, 9.17) is 39.3 Å². The van der Waals surface area contributed by atoms with Gasteiger partial charge in [-0.1, -0.05) is 40.0 Å². The van der Waals surface area contributed by atoms with Crippen LogP contribution in [-0.4, -0.2) is 11.1 Å². The molecule has 24 heavy (non-hydrogen) atoms. The summed E-state index contributed by atoms with van der Waals surface area (Å²) in [6, 6.07) is 13.8. The molecule has 3 aromatic rings. The molecule has 0 spiro atoms. The molecular formula is C17H11Cl3N2O2. The van der Waals surface area contributed by atoms with Crippen LogP contribution >= 0.6 is 34.8 Å². The maximum Gasteiger partial charge on any atom is 0.230 e. The van der Waals surface area contributed by atoms with Crippen LogP contribution in [0.15, 0.2) is 53.1 Å². The lowest BCUT2D eigenvalue weighted by Crippen LogP contribution is -2.14. The van der Waals surface area contributed by atoms with Crippen LogP contribution in [0.1, 0.15) is 5.69 Å². The summed E-state index contributed by atoms with van der Waals surface area (Å²) in [5, 5.41) is 8.09. The zero-order valence-corrected chi connectivity index (χ0v) is 14.5. The topological polar surface area (TPSA) is 55.1 Å². The minimum absolute atomic E-state index is 0.0807. The van der Waals surface area contributed by atoms with Crippen LogP contribution in [0.2, 0.25) is 15.1 Å².